The quantitative estimate of drug-likeness (QED) is 0.930. The number of aromatic nitrogens is 1. The Kier molecular flexibility index (Phi) is 4.44. The highest BCUT2D eigenvalue weighted by Crippen LogP contribution is 2.19. The van der Waals surface area contributed by atoms with Crippen LogP contribution in [0.3, 0.4) is 0 Å². The number of nitrogens with zero attached hydrogens (tertiary/aromatic N) is 1. The number of rotatable bonds is 3. The number of hydrogen-bond acceptors (Lipinski definition) is 2. The van der Waals surface area contributed by atoms with Gasteiger partial charge in [-0.15, -0.1) is 0 Å². The van der Waals surface area contributed by atoms with Gasteiger partial charge in [0.1, 0.15) is 17.2 Å². The molecular weight excluding hydrogens is 330 g/mol. The van der Waals surface area contributed by atoms with E-state index in [0.717, 1.165) is 23.3 Å². The highest BCUT2D eigenvalue weighted by molar-refractivity contribution is 9.10. The van der Waals surface area contributed by atoms with Gasteiger partial charge in [-0.3, -0.25) is 9.78 Å². The van der Waals surface area contributed by atoms with Crippen LogP contribution in [-0.4, -0.2) is 10.9 Å². The van der Waals surface area contributed by atoms with Crippen LogP contribution in [0.4, 0.5) is 8.78 Å². The first-order chi connectivity index (χ1) is 9.49. The van der Waals surface area contributed by atoms with Gasteiger partial charge in [0.05, 0.1) is 0 Å². The van der Waals surface area contributed by atoms with Crippen LogP contribution < -0.4 is 5.32 Å². The van der Waals surface area contributed by atoms with Gasteiger partial charge in [-0.1, -0.05) is 15.9 Å². The fraction of sp³-hybridized carbons (Fsp3) is 0.143. The average molecular weight is 341 g/mol. The predicted octanol–water partition coefficient (Wildman–Crippen LogP) is 3.36. The summed E-state index contributed by atoms with van der Waals surface area (Å²) in [6, 6.07) is 3.84. The van der Waals surface area contributed by atoms with Crippen molar-refractivity contribution in [2.24, 2.45) is 0 Å². The zero-order chi connectivity index (χ0) is 14.7. The molecule has 0 aliphatic carbocycles. The molecule has 6 heteroatoms. The molecular formula is C14H11BrF2N2O. The summed E-state index contributed by atoms with van der Waals surface area (Å²) < 4.78 is 27.5. The number of carbonyl (C=O) groups is 1. The Bertz CT molecular complexity index is 638. The molecule has 0 radical (unpaired) electrons. The summed E-state index contributed by atoms with van der Waals surface area (Å²) >= 11 is 2.96. The van der Waals surface area contributed by atoms with Crippen molar-refractivity contribution in [3.05, 3.63) is 63.4 Å². The Morgan fingerprint density at radius 1 is 1.35 bits per heavy atom. The summed E-state index contributed by atoms with van der Waals surface area (Å²) in [6.07, 6.45) is 3.25. The van der Waals surface area contributed by atoms with Crippen LogP contribution in [0, 0.1) is 18.6 Å². The lowest BCUT2D eigenvalue weighted by atomic mass is 10.1. The first kappa shape index (κ1) is 14.6. The summed E-state index contributed by atoms with van der Waals surface area (Å²) in [5, 5.41) is 2.50. The number of hydrogen-bond donors (Lipinski definition) is 1. The minimum atomic E-state index is -0.902. The summed E-state index contributed by atoms with van der Waals surface area (Å²) in [5.74, 6) is -2.59. The minimum absolute atomic E-state index is 0.183. The first-order valence-corrected chi connectivity index (χ1v) is 6.60. The van der Waals surface area contributed by atoms with Crippen LogP contribution in [0.1, 0.15) is 21.5 Å². The van der Waals surface area contributed by atoms with Gasteiger partial charge in [-0.2, -0.15) is 0 Å². The van der Waals surface area contributed by atoms with Crippen LogP contribution in [0.15, 0.2) is 35.1 Å². The first-order valence-electron chi connectivity index (χ1n) is 5.81. The molecule has 1 N–H and O–H groups in total. The summed E-state index contributed by atoms with van der Waals surface area (Å²) in [7, 11) is 0. The fourth-order valence-electron chi connectivity index (χ4n) is 1.72. The van der Waals surface area contributed by atoms with E-state index in [1.165, 1.54) is 0 Å². The Balaban J connectivity index is 2.16. The monoisotopic (exact) mass is 340 g/mol. The van der Waals surface area contributed by atoms with Gasteiger partial charge in [-0.25, -0.2) is 8.78 Å². The molecule has 0 atom stereocenters. The lowest BCUT2D eigenvalue weighted by Gasteiger charge is -2.09. The Morgan fingerprint density at radius 3 is 2.60 bits per heavy atom. The van der Waals surface area contributed by atoms with Crippen molar-refractivity contribution >= 4 is 21.8 Å². The Labute approximate surface area is 123 Å². The highest BCUT2D eigenvalue weighted by Gasteiger charge is 2.18. The van der Waals surface area contributed by atoms with E-state index in [1.54, 1.807) is 18.5 Å². The lowest BCUT2D eigenvalue weighted by molar-refractivity contribution is 0.0942. The minimum Gasteiger partial charge on any atom is -0.348 e. The second kappa shape index (κ2) is 6.09. The second-order valence-electron chi connectivity index (χ2n) is 4.23. The van der Waals surface area contributed by atoms with E-state index in [1.807, 2.05) is 6.92 Å². The molecule has 104 valence electrons. The normalized spacial score (nSPS) is 10.4. The third-order valence-corrected chi connectivity index (χ3v) is 3.27. The smallest absolute Gasteiger partial charge is 0.257 e. The van der Waals surface area contributed by atoms with Gasteiger partial charge in [0, 0.05) is 23.4 Å². The van der Waals surface area contributed by atoms with Gasteiger partial charge < -0.3 is 5.32 Å². The van der Waals surface area contributed by atoms with Crippen LogP contribution in [0.5, 0.6) is 0 Å². The van der Waals surface area contributed by atoms with Crippen molar-refractivity contribution in [1.82, 2.24) is 10.3 Å². The summed E-state index contributed by atoms with van der Waals surface area (Å²) in [5.41, 5.74) is 1.15. The number of aryl methyl sites for hydroxylation is 1. The Hall–Kier alpha value is -1.82. The van der Waals surface area contributed by atoms with Gasteiger partial charge in [0.2, 0.25) is 0 Å². The molecule has 2 rings (SSSR count). The molecule has 1 amide bonds. The average Bonchev–Trinajstić information content (AvgIpc) is 2.36. The predicted molar refractivity (Wildman–Crippen MR) is 74.2 cm³/mol. The van der Waals surface area contributed by atoms with Crippen LogP contribution in [0.25, 0.3) is 0 Å². The topological polar surface area (TPSA) is 42.0 Å². The number of nitrogens with one attached hydrogen (secondary N) is 1. The SMILES string of the molecule is Cc1cnccc1CNC(=O)c1c(F)cc(Br)cc1F. The van der Waals surface area contributed by atoms with Crippen molar-refractivity contribution < 1.29 is 13.6 Å². The van der Waals surface area contributed by atoms with Crippen LogP contribution in [-0.2, 0) is 6.54 Å². The maximum atomic E-state index is 13.6. The van der Waals surface area contributed by atoms with Crippen LogP contribution >= 0.6 is 15.9 Å². The van der Waals surface area contributed by atoms with E-state index in [4.69, 9.17) is 0 Å². The molecule has 1 aromatic heterocycles. The van der Waals surface area contributed by atoms with E-state index >= 15 is 0 Å². The molecule has 0 fully saturated rings. The number of halogens is 3. The number of amides is 1. The highest BCUT2D eigenvalue weighted by atomic mass is 79.9. The molecule has 3 nitrogen and oxygen atoms in total. The standard InChI is InChI=1S/C14H11BrF2N2O/c1-8-6-18-3-2-9(8)7-19-14(20)13-11(16)4-10(15)5-12(13)17/h2-6H,7H2,1H3,(H,19,20). The summed E-state index contributed by atoms with van der Waals surface area (Å²) in [4.78, 5) is 15.8. The zero-order valence-electron chi connectivity index (χ0n) is 10.6. The lowest BCUT2D eigenvalue weighted by Crippen LogP contribution is -2.25. The molecule has 0 aliphatic heterocycles. The van der Waals surface area contributed by atoms with Crippen molar-refractivity contribution in [1.29, 1.82) is 0 Å². The van der Waals surface area contributed by atoms with E-state index in [2.05, 4.69) is 26.2 Å². The number of pyridine rings is 1. The largest absolute Gasteiger partial charge is 0.348 e. The molecule has 0 unspecified atom stereocenters. The third-order valence-electron chi connectivity index (χ3n) is 2.81. The van der Waals surface area contributed by atoms with Crippen molar-refractivity contribution in [3.8, 4) is 0 Å². The maximum absolute atomic E-state index is 13.6. The molecule has 1 heterocycles. The zero-order valence-corrected chi connectivity index (χ0v) is 12.2. The Morgan fingerprint density at radius 2 is 2.00 bits per heavy atom. The van der Waals surface area contributed by atoms with Gasteiger partial charge in [-0.05, 0) is 36.2 Å². The second-order valence-corrected chi connectivity index (χ2v) is 5.14. The molecule has 0 spiro atoms. The molecule has 2 aromatic rings. The van der Waals surface area contributed by atoms with Crippen LogP contribution in [0.2, 0.25) is 0 Å². The van der Waals surface area contributed by atoms with Gasteiger partial charge in [0.15, 0.2) is 0 Å². The van der Waals surface area contributed by atoms with Gasteiger partial charge >= 0.3 is 0 Å². The number of carbonyl (C=O) groups excluding carboxylic acids is 1. The fourth-order valence-corrected chi connectivity index (χ4v) is 2.13. The van der Waals surface area contributed by atoms with E-state index in [9.17, 15) is 13.6 Å². The molecule has 0 saturated carbocycles. The molecule has 20 heavy (non-hydrogen) atoms. The van der Waals surface area contributed by atoms with E-state index in [0.29, 0.717) is 0 Å². The molecule has 0 saturated heterocycles. The van der Waals surface area contributed by atoms with E-state index < -0.39 is 23.1 Å². The summed E-state index contributed by atoms with van der Waals surface area (Å²) in [6.45, 7) is 2.03. The maximum Gasteiger partial charge on any atom is 0.257 e. The molecule has 0 aliphatic rings. The molecule has 1 aromatic carbocycles. The van der Waals surface area contributed by atoms with Gasteiger partial charge in [0.25, 0.3) is 5.91 Å². The van der Waals surface area contributed by atoms with Crippen molar-refractivity contribution in [2.45, 2.75) is 13.5 Å². The number of benzene rings is 1. The van der Waals surface area contributed by atoms with Crippen molar-refractivity contribution in [2.75, 3.05) is 0 Å². The van der Waals surface area contributed by atoms with Crippen molar-refractivity contribution in [3.63, 3.8) is 0 Å². The van der Waals surface area contributed by atoms with E-state index in [-0.39, 0.29) is 11.0 Å². The third kappa shape index (κ3) is 3.19. The molecule has 0 bridgehead atoms.